The van der Waals surface area contributed by atoms with Gasteiger partial charge in [0.05, 0.1) is 6.61 Å². The Hall–Kier alpha value is -2.37. The Morgan fingerprint density at radius 3 is 2.89 bits per heavy atom. The van der Waals surface area contributed by atoms with Crippen molar-refractivity contribution < 1.29 is 4.74 Å². The van der Waals surface area contributed by atoms with Crippen molar-refractivity contribution in [1.29, 1.82) is 0 Å². The molecule has 2 aromatic rings. The number of nitrogens with zero attached hydrogens (tertiary/aromatic N) is 3. The molecule has 0 atom stereocenters. The summed E-state index contributed by atoms with van der Waals surface area (Å²) in [7, 11) is 0. The fourth-order valence-corrected chi connectivity index (χ4v) is 1.63. The number of hydrogen-bond donors (Lipinski definition) is 2. The second kappa shape index (κ2) is 5.99. The lowest BCUT2D eigenvalue weighted by atomic mass is 10.3. The lowest BCUT2D eigenvalue weighted by Crippen LogP contribution is -2.09. The van der Waals surface area contributed by atoms with Crippen molar-refractivity contribution >= 4 is 11.5 Å². The summed E-state index contributed by atoms with van der Waals surface area (Å²) in [4.78, 5) is 12.5. The topological polar surface area (TPSA) is 86.0 Å². The first-order chi connectivity index (χ1) is 9.20. The number of ether oxygens (including phenoxy) is 1. The standard InChI is InChI=1S/C13H17N5O/c1-3-19-13-11(14)12(17-9(2)18-13)16-8-10-5-4-6-15-7-10/h4-7H,3,8,14H2,1-2H3,(H,16,17,18). The summed E-state index contributed by atoms with van der Waals surface area (Å²) in [6.45, 7) is 4.81. The Morgan fingerprint density at radius 2 is 2.21 bits per heavy atom. The number of pyridine rings is 1. The van der Waals surface area contributed by atoms with E-state index in [2.05, 4.69) is 20.3 Å². The van der Waals surface area contributed by atoms with Crippen molar-refractivity contribution in [2.75, 3.05) is 17.7 Å². The van der Waals surface area contributed by atoms with Gasteiger partial charge >= 0.3 is 0 Å². The normalized spacial score (nSPS) is 10.2. The lowest BCUT2D eigenvalue weighted by molar-refractivity contribution is 0.327. The van der Waals surface area contributed by atoms with Gasteiger partial charge in [0, 0.05) is 18.9 Å². The zero-order valence-electron chi connectivity index (χ0n) is 11.1. The molecule has 0 aliphatic rings. The second-order valence-electron chi connectivity index (χ2n) is 3.99. The van der Waals surface area contributed by atoms with E-state index in [1.807, 2.05) is 19.1 Å². The summed E-state index contributed by atoms with van der Waals surface area (Å²) in [5.41, 5.74) is 7.45. The van der Waals surface area contributed by atoms with Gasteiger partial charge < -0.3 is 15.8 Å². The van der Waals surface area contributed by atoms with Gasteiger partial charge in [0.1, 0.15) is 11.5 Å². The van der Waals surface area contributed by atoms with Gasteiger partial charge in [-0.3, -0.25) is 4.98 Å². The largest absolute Gasteiger partial charge is 0.476 e. The molecule has 0 spiro atoms. The fraction of sp³-hybridized carbons (Fsp3) is 0.308. The summed E-state index contributed by atoms with van der Waals surface area (Å²) < 4.78 is 5.38. The van der Waals surface area contributed by atoms with Crippen LogP contribution in [0.4, 0.5) is 11.5 Å². The highest BCUT2D eigenvalue weighted by Gasteiger charge is 2.10. The van der Waals surface area contributed by atoms with Crippen molar-refractivity contribution in [2.24, 2.45) is 0 Å². The summed E-state index contributed by atoms with van der Waals surface area (Å²) >= 11 is 0. The molecule has 0 aliphatic carbocycles. The van der Waals surface area contributed by atoms with E-state index in [0.29, 0.717) is 36.4 Å². The SMILES string of the molecule is CCOc1nc(C)nc(NCc2cccnc2)c1N. The zero-order valence-corrected chi connectivity index (χ0v) is 11.1. The molecule has 0 saturated heterocycles. The van der Waals surface area contributed by atoms with Crippen LogP contribution in [0.25, 0.3) is 0 Å². The van der Waals surface area contributed by atoms with Gasteiger partial charge in [0.2, 0.25) is 5.88 Å². The summed E-state index contributed by atoms with van der Waals surface area (Å²) in [5.74, 6) is 1.62. The molecule has 0 amide bonds. The molecule has 0 aromatic carbocycles. The first-order valence-electron chi connectivity index (χ1n) is 6.10. The summed E-state index contributed by atoms with van der Waals surface area (Å²) in [6.07, 6.45) is 3.53. The van der Waals surface area contributed by atoms with Crippen molar-refractivity contribution in [3.05, 3.63) is 35.9 Å². The first-order valence-corrected chi connectivity index (χ1v) is 6.10. The van der Waals surface area contributed by atoms with E-state index in [1.165, 1.54) is 0 Å². The fourth-order valence-electron chi connectivity index (χ4n) is 1.63. The van der Waals surface area contributed by atoms with Gasteiger partial charge in [-0.2, -0.15) is 4.98 Å². The zero-order chi connectivity index (χ0) is 13.7. The van der Waals surface area contributed by atoms with Crippen LogP contribution in [0.15, 0.2) is 24.5 Å². The highest BCUT2D eigenvalue weighted by atomic mass is 16.5. The van der Waals surface area contributed by atoms with Gasteiger partial charge in [-0.05, 0) is 25.5 Å². The third-order valence-electron chi connectivity index (χ3n) is 2.49. The average molecular weight is 259 g/mol. The maximum absolute atomic E-state index is 5.97. The van der Waals surface area contributed by atoms with Crippen LogP contribution in [-0.4, -0.2) is 21.6 Å². The van der Waals surface area contributed by atoms with Crippen LogP contribution >= 0.6 is 0 Å². The van der Waals surface area contributed by atoms with Gasteiger partial charge in [-0.1, -0.05) is 6.07 Å². The smallest absolute Gasteiger partial charge is 0.242 e. The Morgan fingerprint density at radius 1 is 1.37 bits per heavy atom. The van der Waals surface area contributed by atoms with E-state index in [-0.39, 0.29) is 0 Å². The van der Waals surface area contributed by atoms with Crippen molar-refractivity contribution in [3.8, 4) is 5.88 Å². The van der Waals surface area contributed by atoms with Crippen LogP contribution in [0.1, 0.15) is 18.3 Å². The Bertz CT molecular complexity index is 544. The monoisotopic (exact) mass is 259 g/mol. The molecule has 6 heteroatoms. The van der Waals surface area contributed by atoms with E-state index in [9.17, 15) is 0 Å². The third kappa shape index (κ3) is 3.31. The predicted octanol–water partition coefficient (Wildman–Crippen LogP) is 1.77. The van der Waals surface area contributed by atoms with Gasteiger partial charge in [0.15, 0.2) is 5.82 Å². The van der Waals surface area contributed by atoms with Crippen LogP contribution < -0.4 is 15.8 Å². The molecule has 0 saturated carbocycles. The van der Waals surface area contributed by atoms with Gasteiger partial charge in [-0.15, -0.1) is 0 Å². The van der Waals surface area contributed by atoms with Crippen LogP contribution in [0.3, 0.4) is 0 Å². The summed E-state index contributed by atoms with van der Waals surface area (Å²) in [6, 6.07) is 3.87. The minimum atomic E-state index is 0.420. The molecule has 0 unspecified atom stereocenters. The van der Waals surface area contributed by atoms with E-state index in [0.717, 1.165) is 5.56 Å². The van der Waals surface area contributed by atoms with E-state index in [1.54, 1.807) is 19.3 Å². The minimum absolute atomic E-state index is 0.420. The van der Waals surface area contributed by atoms with E-state index < -0.39 is 0 Å². The van der Waals surface area contributed by atoms with Gasteiger partial charge in [-0.25, -0.2) is 4.98 Å². The van der Waals surface area contributed by atoms with Crippen LogP contribution in [0.2, 0.25) is 0 Å². The number of aromatic nitrogens is 3. The summed E-state index contributed by atoms with van der Waals surface area (Å²) in [5, 5.41) is 3.17. The van der Waals surface area contributed by atoms with E-state index in [4.69, 9.17) is 10.5 Å². The molecule has 3 N–H and O–H groups in total. The molecular weight excluding hydrogens is 242 g/mol. The Kier molecular flexibility index (Phi) is 4.12. The number of nitrogen functional groups attached to an aromatic ring is 1. The van der Waals surface area contributed by atoms with Crippen LogP contribution in [-0.2, 0) is 6.54 Å². The molecule has 0 aliphatic heterocycles. The molecule has 2 heterocycles. The number of rotatable bonds is 5. The number of aryl methyl sites for hydroxylation is 1. The molecule has 0 fully saturated rings. The molecule has 0 radical (unpaired) electrons. The second-order valence-corrected chi connectivity index (χ2v) is 3.99. The average Bonchev–Trinajstić information content (AvgIpc) is 2.42. The lowest BCUT2D eigenvalue weighted by Gasteiger charge is -2.12. The highest BCUT2D eigenvalue weighted by Crippen LogP contribution is 2.26. The molecule has 2 aromatic heterocycles. The minimum Gasteiger partial charge on any atom is -0.476 e. The predicted molar refractivity (Wildman–Crippen MR) is 73.9 cm³/mol. The Balaban J connectivity index is 2.16. The quantitative estimate of drug-likeness (QED) is 0.851. The number of nitrogens with one attached hydrogen (secondary N) is 1. The van der Waals surface area contributed by atoms with Crippen molar-refractivity contribution in [1.82, 2.24) is 15.0 Å². The first kappa shape index (κ1) is 13.1. The third-order valence-corrected chi connectivity index (χ3v) is 2.49. The number of nitrogens with two attached hydrogens (primary N) is 1. The molecular formula is C13H17N5O. The van der Waals surface area contributed by atoms with Crippen molar-refractivity contribution in [3.63, 3.8) is 0 Å². The maximum Gasteiger partial charge on any atom is 0.242 e. The Labute approximate surface area is 112 Å². The van der Waals surface area contributed by atoms with E-state index >= 15 is 0 Å². The highest BCUT2D eigenvalue weighted by molar-refractivity contribution is 5.66. The number of hydrogen-bond acceptors (Lipinski definition) is 6. The van der Waals surface area contributed by atoms with Gasteiger partial charge in [0.25, 0.3) is 0 Å². The molecule has 19 heavy (non-hydrogen) atoms. The maximum atomic E-state index is 5.97. The molecule has 2 rings (SSSR count). The molecule has 0 bridgehead atoms. The van der Waals surface area contributed by atoms with Crippen LogP contribution in [0, 0.1) is 6.92 Å². The molecule has 6 nitrogen and oxygen atoms in total. The van der Waals surface area contributed by atoms with Crippen molar-refractivity contribution in [2.45, 2.75) is 20.4 Å². The molecule has 100 valence electrons. The van der Waals surface area contributed by atoms with Crippen LogP contribution in [0.5, 0.6) is 5.88 Å². The number of anilines is 2.